The summed E-state index contributed by atoms with van der Waals surface area (Å²) in [5.41, 5.74) is 6.63. The molecule has 8 rings (SSSR count). The Morgan fingerprint density at radius 3 is 2.07 bits per heavy atom. The van der Waals surface area contributed by atoms with Crippen LogP contribution in [0, 0.1) is 11.8 Å². The maximum Gasteiger partial charge on any atom is 0.407 e. The third-order valence-electron chi connectivity index (χ3n) is 12.9. The molecule has 5 aromatic rings. The Bertz CT molecular complexity index is 2440. The van der Waals surface area contributed by atoms with Crippen molar-refractivity contribution in [3.63, 3.8) is 0 Å². The Hall–Kier alpha value is -6.12. The van der Waals surface area contributed by atoms with E-state index in [-0.39, 0.29) is 35.7 Å². The molecule has 0 bridgehead atoms. The Morgan fingerprint density at radius 2 is 1.45 bits per heavy atom. The first-order valence-corrected chi connectivity index (χ1v) is 21.1. The minimum absolute atomic E-state index is 0.0653. The molecule has 0 radical (unpaired) electrons. The summed E-state index contributed by atoms with van der Waals surface area (Å²) in [6.07, 6.45) is 5.24. The number of benzene rings is 3. The predicted molar refractivity (Wildman–Crippen MR) is 226 cm³/mol. The van der Waals surface area contributed by atoms with Crippen LogP contribution in [0.2, 0.25) is 0 Å². The molecule has 2 saturated heterocycles. The fraction of sp³-hybridized carbons (Fsp3) is 0.467. The fourth-order valence-electron chi connectivity index (χ4n) is 9.02. The molecule has 316 valence electrons. The van der Waals surface area contributed by atoms with Gasteiger partial charge in [0.25, 0.3) is 0 Å². The zero-order valence-electron chi connectivity index (χ0n) is 35.1. The van der Waals surface area contributed by atoms with Crippen LogP contribution < -0.4 is 15.4 Å². The van der Waals surface area contributed by atoms with Gasteiger partial charge in [-0.15, -0.1) is 0 Å². The third-order valence-corrected chi connectivity index (χ3v) is 12.9. The summed E-state index contributed by atoms with van der Waals surface area (Å²) >= 11 is 0. The molecule has 2 fully saturated rings. The average Bonchev–Trinajstić information content (AvgIpc) is 4.12. The number of methoxy groups -OCH3 is 2. The molecule has 15 heteroatoms. The molecule has 15 nitrogen and oxygen atoms in total. The highest BCUT2D eigenvalue weighted by molar-refractivity contribution is 6.07. The number of rotatable bonds is 11. The topological polar surface area (TPSA) is 184 Å². The number of hydrogen-bond donors (Lipinski definition) is 4. The van der Waals surface area contributed by atoms with Gasteiger partial charge in [0, 0.05) is 24.0 Å². The summed E-state index contributed by atoms with van der Waals surface area (Å²) in [4.78, 5) is 72.5. The lowest BCUT2D eigenvalue weighted by molar-refractivity contribution is -0.136. The second kappa shape index (κ2) is 16.9. The number of hydrogen-bond acceptors (Lipinski definition) is 9. The van der Waals surface area contributed by atoms with Crippen molar-refractivity contribution in [1.29, 1.82) is 0 Å². The quantitative estimate of drug-likeness (QED) is 0.105. The second-order valence-electron chi connectivity index (χ2n) is 16.4. The van der Waals surface area contributed by atoms with Gasteiger partial charge < -0.3 is 44.6 Å². The zero-order valence-corrected chi connectivity index (χ0v) is 35.1. The van der Waals surface area contributed by atoms with Crippen molar-refractivity contribution in [2.75, 3.05) is 27.3 Å². The van der Waals surface area contributed by atoms with Crippen LogP contribution >= 0.6 is 0 Å². The molecular formula is C45H54N8O7. The van der Waals surface area contributed by atoms with Gasteiger partial charge in [-0.3, -0.25) is 9.59 Å². The predicted octanol–water partition coefficient (Wildman–Crippen LogP) is 7.53. The van der Waals surface area contributed by atoms with Crippen LogP contribution in [0.15, 0.2) is 48.7 Å². The molecule has 5 heterocycles. The molecular weight excluding hydrogens is 765 g/mol. The molecule has 3 aliphatic rings. The molecule has 0 spiro atoms. The van der Waals surface area contributed by atoms with Crippen molar-refractivity contribution in [2.45, 2.75) is 97.0 Å². The minimum Gasteiger partial charge on any atom is -0.488 e. The van der Waals surface area contributed by atoms with Gasteiger partial charge in [0.05, 0.1) is 49.2 Å². The van der Waals surface area contributed by atoms with E-state index in [0.29, 0.717) is 25.5 Å². The van der Waals surface area contributed by atoms with Crippen LogP contribution in [0.1, 0.15) is 95.5 Å². The van der Waals surface area contributed by atoms with Gasteiger partial charge in [-0.1, -0.05) is 58.7 Å². The Morgan fingerprint density at radius 1 is 0.817 bits per heavy atom. The van der Waals surface area contributed by atoms with E-state index in [9.17, 15) is 19.2 Å². The summed E-state index contributed by atoms with van der Waals surface area (Å²) in [7, 11) is 2.60. The van der Waals surface area contributed by atoms with Gasteiger partial charge in [0.1, 0.15) is 36.1 Å². The summed E-state index contributed by atoms with van der Waals surface area (Å²) in [6.45, 7) is 9.47. The van der Waals surface area contributed by atoms with Gasteiger partial charge in [0.15, 0.2) is 0 Å². The largest absolute Gasteiger partial charge is 0.488 e. The number of nitrogens with one attached hydrogen (secondary N) is 4. The molecule has 6 atom stereocenters. The smallest absolute Gasteiger partial charge is 0.407 e. The second-order valence-corrected chi connectivity index (χ2v) is 16.4. The number of alkyl carbamates (subject to hydrolysis) is 2. The number of aromatic amines is 2. The van der Waals surface area contributed by atoms with Crippen LogP contribution in [0.25, 0.3) is 44.2 Å². The first kappa shape index (κ1) is 40.7. The summed E-state index contributed by atoms with van der Waals surface area (Å²) < 4.78 is 16.1. The van der Waals surface area contributed by atoms with Crippen molar-refractivity contribution in [3.05, 3.63) is 65.9 Å². The lowest BCUT2D eigenvalue weighted by Gasteiger charge is -2.30. The van der Waals surface area contributed by atoms with E-state index >= 15 is 0 Å². The average molecular weight is 819 g/mol. The molecule has 2 aromatic heterocycles. The van der Waals surface area contributed by atoms with E-state index in [4.69, 9.17) is 24.2 Å². The number of amides is 4. The van der Waals surface area contributed by atoms with E-state index in [1.807, 2.05) is 49.8 Å². The number of fused-ring (bicyclic) bond motifs is 6. The van der Waals surface area contributed by atoms with E-state index in [1.165, 1.54) is 14.2 Å². The van der Waals surface area contributed by atoms with Gasteiger partial charge in [-0.25, -0.2) is 19.6 Å². The SMILES string of the molecule is CC[C@H](C)C(NC(=O)OC)C(=O)N1CCC[C@H]1c1nc2ccc3cc4c(cc3c2[nH]1)OCc1cc(-c2cnc([C@@H]3CCCN3C(=O)[C@@H](NC(=O)OC)[C@@H](C)CC)[nH]2)ccc1-4. The lowest BCUT2D eigenvalue weighted by atomic mass is 9.92. The molecule has 4 N–H and O–H groups in total. The van der Waals surface area contributed by atoms with Crippen LogP contribution in [0.5, 0.6) is 5.75 Å². The maximum absolute atomic E-state index is 13.9. The number of likely N-dealkylation sites (tertiary alicyclic amines) is 2. The van der Waals surface area contributed by atoms with Crippen molar-refractivity contribution in [3.8, 4) is 28.1 Å². The number of imidazole rings is 2. The van der Waals surface area contributed by atoms with Crippen LogP contribution in [0.4, 0.5) is 9.59 Å². The number of ether oxygens (including phenoxy) is 3. The van der Waals surface area contributed by atoms with Crippen molar-refractivity contribution < 1.29 is 33.4 Å². The van der Waals surface area contributed by atoms with Gasteiger partial charge >= 0.3 is 12.2 Å². The number of H-pyrrole nitrogens is 2. The van der Waals surface area contributed by atoms with Crippen LogP contribution in [-0.4, -0.2) is 93.1 Å². The molecule has 1 unspecified atom stereocenters. The van der Waals surface area contributed by atoms with Gasteiger partial charge in [0.2, 0.25) is 11.8 Å². The van der Waals surface area contributed by atoms with Gasteiger partial charge in [-0.05, 0) is 83.9 Å². The highest BCUT2D eigenvalue weighted by Crippen LogP contribution is 2.43. The first-order chi connectivity index (χ1) is 29.0. The summed E-state index contributed by atoms with van der Waals surface area (Å²) in [5, 5.41) is 7.53. The Kier molecular flexibility index (Phi) is 11.4. The number of carbonyl (C=O) groups is 4. The fourth-order valence-corrected chi connectivity index (χ4v) is 9.02. The van der Waals surface area contributed by atoms with Crippen molar-refractivity contribution in [2.24, 2.45) is 11.8 Å². The molecule has 3 aliphatic heterocycles. The van der Waals surface area contributed by atoms with E-state index < -0.39 is 24.3 Å². The third kappa shape index (κ3) is 7.49. The highest BCUT2D eigenvalue weighted by atomic mass is 16.5. The number of nitrogens with zero attached hydrogens (tertiary/aromatic N) is 4. The van der Waals surface area contributed by atoms with E-state index in [1.54, 1.807) is 0 Å². The zero-order chi connectivity index (χ0) is 42.2. The molecule has 4 amide bonds. The highest BCUT2D eigenvalue weighted by Gasteiger charge is 2.40. The summed E-state index contributed by atoms with van der Waals surface area (Å²) in [5.74, 6) is 1.82. The number of carbonyl (C=O) groups excluding carboxylic acids is 4. The molecule has 0 aliphatic carbocycles. The number of aromatic nitrogens is 4. The van der Waals surface area contributed by atoms with E-state index in [2.05, 4.69) is 57.0 Å². The lowest BCUT2D eigenvalue weighted by Crippen LogP contribution is -2.51. The standard InChI is InChI=1S/C45H54N8O7/c1-7-24(3)37(50-44(56)58-5)42(54)52-17-9-11-34(52)40-46-22-33(48-40)27-13-15-29-28(19-27)23-60-36-21-30-26(20-31(29)36)14-16-32-39(30)49-41(47-32)35-12-10-18-53(35)43(55)38(25(4)8-2)51-45(57)59-6/h13-16,19-22,24-25,34-35,37-38H,7-12,17-18,23H2,1-6H3,(H,46,48)(H,47,49)(H,50,56)(H,51,57)/t24-,25-,34-,35-,37-,38?/m0/s1. The Balaban J connectivity index is 1.03. The van der Waals surface area contributed by atoms with Crippen LogP contribution in [0.3, 0.4) is 0 Å². The molecule has 60 heavy (non-hydrogen) atoms. The Labute approximate surface area is 348 Å². The maximum atomic E-state index is 13.9. The van der Waals surface area contributed by atoms with E-state index in [0.717, 1.165) is 99.9 Å². The first-order valence-electron chi connectivity index (χ1n) is 21.1. The monoisotopic (exact) mass is 818 g/mol. The minimum atomic E-state index is -0.695. The molecule has 3 aromatic carbocycles. The normalized spacial score (nSPS) is 19.2. The van der Waals surface area contributed by atoms with Gasteiger partial charge in [-0.2, -0.15) is 0 Å². The van der Waals surface area contributed by atoms with Crippen molar-refractivity contribution in [1.82, 2.24) is 40.4 Å². The van der Waals surface area contributed by atoms with Crippen LogP contribution in [-0.2, 0) is 25.7 Å². The molecule has 0 saturated carbocycles. The van der Waals surface area contributed by atoms with Crippen molar-refractivity contribution >= 4 is 45.8 Å². The summed E-state index contributed by atoms with van der Waals surface area (Å²) in [6, 6.07) is 12.8.